The van der Waals surface area contributed by atoms with Crippen LogP contribution in [0.3, 0.4) is 0 Å². The van der Waals surface area contributed by atoms with Gasteiger partial charge in [-0.2, -0.15) is 4.31 Å². The third-order valence-corrected chi connectivity index (χ3v) is 5.79. The molecule has 1 aromatic rings. The van der Waals surface area contributed by atoms with Crippen molar-refractivity contribution in [1.29, 1.82) is 0 Å². The second-order valence-electron chi connectivity index (χ2n) is 3.97. The number of aliphatic hydroxyl groups excluding tert-OH is 1. The highest BCUT2D eigenvalue weighted by molar-refractivity contribution is 9.10. The largest absolute Gasteiger partial charge is 0.450 e. The van der Waals surface area contributed by atoms with Gasteiger partial charge in [-0.15, -0.1) is 0 Å². The molecular weight excluding hydrogens is 322 g/mol. The molecule has 0 aliphatic carbocycles. The van der Waals surface area contributed by atoms with Crippen LogP contribution in [0.5, 0.6) is 0 Å². The van der Waals surface area contributed by atoms with E-state index >= 15 is 0 Å². The maximum absolute atomic E-state index is 12.5. The molecule has 0 fully saturated rings. The van der Waals surface area contributed by atoms with Gasteiger partial charge in [0.2, 0.25) is 10.0 Å². The van der Waals surface area contributed by atoms with Crippen molar-refractivity contribution in [3.05, 3.63) is 16.5 Å². The van der Waals surface area contributed by atoms with Crippen molar-refractivity contribution in [2.45, 2.75) is 44.7 Å². The Morgan fingerprint density at radius 3 is 2.50 bits per heavy atom. The minimum absolute atomic E-state index is 0.0636. The number of nitrogens with zero attached hydrogens (tertiary/aromatic N) is 1. The van der Waals surface area contributed by atoms with Gasteiger partial charge in [0.05, 0.1) is 0 Å². The third-order valence-electron chi connectivity index (χ3n) is 2.84. The molecule has 104 valence electrons. The maximum atomic E-state index is 12.5. The van der Waals surface area contributed by atoms with Crippen molar-refractivity contribution < 1.29 is 17.9 Å². The summed E-state index contributed by atoms with van der Waals surface area (Å²) in [5.74, 6) is 0.223. The molecule has 0 saturated carbocycles. The molecule has 1 heterocycles. The SMILES string of the molecule is CCC(C)N(CC)S(=O)(=O)c1cc(CO)oc1Br. The second kappa shape index (κ2) is 6.18. The maximum Gasteiger partial charge on any atom is 0.247 e. The number of hydrogen-bond donors (Lipinski definition) is 1. The van der Waals surface area contributed by atoms with Crippen LogP contribution in [0.15, 0.2) is 20.0 Å². The summed E-state index contributed by atoms with van der Waals surface area (Å²) >= 11 is 3.08. The van der Waals surface area contributed by atoms with Gasteiger partial charge >= 0.3 is 0 Å². The summed E-state index contributed by atoms with van der Waals surface area (Å²) in [4.78, 5) is 0.0636. The standard InChI is InChI=1S/C11H18BrNO4S/c1-4-8(3)13(5-2)18(15,16)10-6-9(7-14)17-11(10)12/h6,8,14H,4-5,7H2,1-3H3. The molecule has 0 radical (unpaired) electrons. The van der Waals surface area contributed by atoms with Gasteiger partial charge in [0.25, 0.3) is 0 Å². The van der Waals surface area contributed by atoms with Crippen molar-refractivity contribution in [1.82, 2.24) is 4.31 Å². The Morgan fingerprint density at radius 2 is 2.11 bits per heavy atom. The van der Waals surface area contributed by atoms with Gasteiger partial charge in [-0.1, -0.05) is 13.8 Å². The lowest BCUT2D eigenvalue weighted by Gasteiger charge is -2.25. The number of aliphatic hydroxyl groups is 1. The first-order valence-corrected chi connectivity index (χ1v) is 8.02. The van der Waals surface area contributed by atoms with Crippen LogP contribution in [0.1, 0.15) is 33.0 Å². The fraction of sp³-hybridized carbons (Fsp3) is 0.636. The van der Waals surface area contributed by atoms with Crippen LogP contribution < -0.4 is 0 Å². The zero-order chi connectivity index (χ0) is 13.9. The predicted octanol–water partition coefficient (Wildman–Crippen LogP) is 2.34. The third kappa shape index (κ3) is 2.96. The molecule has 1 atom stereocenters. The number of hydrogen-bond acceptors (Lipinski definition) is 4. The van der Waals surface area contributed by atoms with E-state index in [1.54, 1.807) is 6.92 Å². The minimum Gasteiger partial charge on any atom is -0.450 e. The zero-order valence-electron chi connectivity index (χ0n) is 10.7. The Labute approximate surface area is 116 Å². The Kier molecular flexibility index (Phi) is 5.39. The average Bonchev–Trinajstić information content (AvgIpc) is 2.71. The summed E-state index contributed by atoms with van der Waals surface area (Å²) in [6.07, 6.45) is 0.732. The Bertz CT molecular complexity index is 497. The van der Waals surface area contributed by atoms with Crippen LogP contribution in [0, 0.1) is 0 Å². The summed E-state index contributed by atoms with van der Waals surface area (Å²) < 4.78 is 31.6. The van der Waals surface area contributed by atoms with E-state index in [1.807, 2.05) is 13.8 Å². The smallest absolute Gasteiger partial charge is 0.247 e. The average molecular weight is 340 g/mol. The van der Waals surface area contributed by atoms with Crippen LogP contribution in [0.2, 0.25) is 0 Å². The summed E-state index contributed by atoms with van der Waals surface area (Å²) in [5.41, 5.74) is 0. The number of sulfonamides is 1. The summed E-state index contributed by atoms with van der Waals surface area (Å²) in [6, 6.07) is 1.27. The summed E-state index contributed by atoms with van der Waals surface area (Å²) in [7, 11) is -3.60. The van der Waals surface area contributed by atoms with Crippen LogP contribution in [-0.2, 0) is 16.6 Å². The molecule has 1 aromatic heterocycles. The van der Waals surface area contributed by atoms with Gasteiger partial charge < -0.3 is 9.52 Å². The lowest BCUT2D eigenvalue weighted by atomic mass is 10.3. The lowest BCUT2D eigenvalue weighted by molar-refractivity contribution is 0.245. The van der Waals surface area contributed by atoms with Crippen LogP contribution in [-0.4, -0.2) is 30.4 Å². The second-order valence-corrected chi connectivity index (χ2v) is 6.55. The quantitative estimate of drug-likeness (QED) is 0.863. The van der Waals surface area contributed by atoms with Crippen molar-refractivity contribution in [2.75, 3.05) is 6.54 Å². The van der Waals surface area contributed by atoms with Crippen LogP contribution in [0.25, 0.3) is 0 Å². The van der Waals surface area contributed by atoms with Gasteiger partial charge in [0, 0.05) is 18.7 Å². The van der Waals surface area contributed by atoms with E-state index in [4.69, 9.17) is 9.52 Å². The highest BCUT2D eigenvalue weighted by Crippen LogP contribution is 2.30. The van der Waals surface area contributed by atoms with E-state index in [9.17, 15) is 8.42 Å². The highest BCUT2D eigenvalue weighted by atomic mass is 79.9. The van der Waals surface area contributed by atoms with Crippen molar-refractivity contribution in [3.63, 3.8) is 0 Å². The van der Waals surface area contributed by atoms with Gasteiger partial charge in [0.1, 0.15) is 17.3 Å². The van der Waals surface area contributed by atoms with Gasteiger partial charge in [-0.05, 0) is 29.3 Å². The van der Waals surface area contributed by atoms with Crippen molar-refractivity contribution in [3.8, 4) is 0 Å². The number of rotatable bonds is 6. The van der Waals surface area contributed by atoms with E-state index < -0.39 is 10.0 Å². The minimum atomic E-state index is -3.60. The lowest BCUT2D eigenvalue weighted by Crippen LogP contribution is -2.38. The number of furan rings is 1. The first kappa shape index (κ1) is 15.7. The van der Waals surface area contributed by atoms with Crippen molar-refractivity contribution >= 4 is 26.0 Å². The van der Waals surface area contributed by atoms with E-state index in [0.29, 0.717) is 6.54 Å². The molecule has 0 spiro atoms. The Morgan fingerprint density at radius 1 is 1.50 bits per heavy atom. The monoisotopic (exact) mass is 339 g/mol. The first-order chi connectivity index (χ1) is 8.38. The molecule has 18 heavy (non-hydrogen) atoms. The molecule has 1 unspecified atom stereocenters. The Balaban J connectivity index is 3.22. The molecule has 0 aliphatic rings. The predicted molar refractivity (Wildman–Crippen MR) is 71.6 cm³/mol. The first-order valence-electron chi connectivity index (χ1n) is 5.79. The van der Waals surface area contributed by atoms with E-state index in [2.05, 4.69) is 15.9 Å². The van der Waals surface area contributed by atoms with Crippen LogP contribution in [0.4, 0.5) is 0 Å². The van der Waals surface area contributed by atoms with Gasteiger partial charge in [0.15, 0.2) is 4.67 Å². The fourth-order valence-electron chi connectivity index (χ4n) is 1.70. The molecule has 1 N–H and O–H groups in total. The van der Waals surface area contributed by atoms with E-state index in [1.165, 1.54) is 10.4 Å². The van der Waals surface area contributed by atoms with E-state index in [-0.39, 0.29) is 28.0 Å². The van der Waals surface area contributed by atoms with Gasteiger partial charge in [-0.3, -0.25) is 0 Å². The fourth-order valence-corrected chi connectivity index (χ4v) is 4.38. The molecule has 7 heteroatoms. The van der Waals surface area contributed by atoms with Gasteiger partial charge in [-0.25, -0.2) is 8.42 Å². The summed E-state index contributed by atoms with van der Waals surface area (Å²) in [5, 5.41) is 8.97. The summed E-state index contributed by atoms with van der Waals surface area (Å²) in [6.45, 7) is 5.66. The molecular formula is C11H18BrNO4S. The normalized spacial score (nSPS) is 14.1. The molecule has 0 bridgehead atoms. The Hall–Kier alpha value is -0.370. The topological polar surface area (TPSA) is 70.8 Å². The highest BCUT2D eigenvalue weighted by Gasteiger charge is 2.31. The van der Waals surface area contributed by atoms with E-state index in [0.717, 1.165) is 6.42 Å². The molecule has 5 nitrogen and oxygen atoms in total. The van der Waals surface area contributed by atoms with Crippen molar-refractivity contribution in [2.24, 2.45) is 0 Å². The molecule has 0 aromatic carbocycles. The number of halogens is 1. The zero-order valence-corrected chi connectivity index (χ0v) is 13.1. The molecule has 0 amide bonds. The molecule has 1 rings (SSSR count). The van der Waals surface area contributed by atoms with Crippen LogP contribution >= 0.6 is 15.9 Å². The molecule has 0 aliphatic heterocycles. The molecule has 0 saturated heterocycles.